The first-order chi connectivity index (χ1) is 11.6. The van der Waals surface area contributed by atoms with Crippen LogP contribution in [0.4, 0.5) is 0 Å². The van der Waals surface area contributed by atoms with Crippen LogP contribution in [0.5, 0.6) is 17.2 Å². The lowest BCUT2D eigenvalue weighted by Crippen LogP contribution is -2.42. The topological polar surface area (TPSA) is 64.1 Å². The number of ether oxygens (including phenoxy) is 3. The second-order valence-corrected chi connectivity index (χ2v) is 5.47. The van der Waals surface area contributed by atoms with Gasteiger partial charge in [0.2, 0.25) is 0 Å². The lowest BCUT2D eigenvalue weighted by Gasteiger charge is -2.17. The van der Waals surface area contributed by atoms with E-state index >= 15 is 0 Å². The standard InChI is InChI=1S/C18H31N3O3.HI/c1-7-13(3)21-18(19-8-2)20-10-9-15-16(23-5)11-14(22-4)12-17(15)24-6;/h11-13H,7-10H2,1-6H3,(H2,19,20,21);1H. The highest BCUT2D eigenvalue weighted by atomic mass is 127. The predicted octanol–water partition coefficient (Wildman–Crippen LogP) is 3.23. The quantitative estimate of drug-likeness (QED) is 0.333. The summed E-state index contributed by atoms with van der Waals surface area (Å²) >= 11 is 0. The van der Waals surface area contributed by atoms with Gasteiger partial charge in [-0.1, -0.05) is 6.92 Å². The van der Waals surface area contributed by atoms with Gasteiger partial charge in [-0.25, -0.2) is 0 Å². The summed E-state index contributed by atoms with van der Waals surface area (Å²) in [5.74, 6) is 3.04. The average molecular weight is 465 g/mol. The number of aliphatic imine (C=N–C) groups is 1. The zero-order valence-corrected chi connectivity index (χ0v) is 18.5. The van der Waals surface area contributed by atoms with Crippen molar-refractivity contribution < 1.29 is 14.2 Å². The van der Waals surface area contributed by atoms with Crippen LogP contribution in [0.3, 0.4) is 0 Å². The maximum atomic E-state index is 5.48. The highest BCUT2D eigenvalue weighted by Gasteiger charge is 2.13. The third kappa shape index (κ3) is 7.58. The van der Waals surface area contributed by atoms with Crippen LogP contribution in [0.15, 0.2) is 17.1 Å². The molecular weight excluding hydrogens is 433 g/mol. The van der Waals surface area contributed by atoms with Gasteiger partial charge in [0, 0.05) is 36.8 Å². The van der Waals surface area contributed by atoms with E-state index in [4.69, 9.17) is 14.2 Å². The number of methoxy groups -OCH3 is 3. The average Bonchev–Trinajstić information content (AvgIpc) is 2.61. The van der Waals surface area contributed by atoms with E-state index in [-0.39, 0.29) is 24.0 Å². The Morgan fingerprint density at radius 3 is 2.12 bits per heavy atom. The van der Waals surface area contributed by atoms with Gasteiger partial charge in [0.15, 0.2) is 5.96 Å². The summed E-state index contributed by atoms with van der Waals surface area (Å²) in [6.45, 7) is 7.81. The first-order valence-electron chi connectivity index (χ1n) is 8.43. The van der Waals surface area contributed by atoms with Crippen LogP contribution in [-0.4, -0.2) is 46.4 Å². The smallest absolute Gasteiger partial charge is 0.191 e. The molecule has 0 aromatic heterocycles. The van der Waals surface area contributed by atoms with E-state index in [1.165, 1.54) is 0 Å². The second kappa shape index (κ2) is 12.9. The third-order valence-electron chi connectivity index (χ3n) is 3.79. The summed E-state index contributed by atoms with van der Waals surface area (Å²) in [6.07, 6.45) is 1.76. The third-order valence-corrected chi connectivity index (χ3v) is 3.79. The number of rotatable bonds is 9. The van der Waals surface area contributed by atoms with Crippen molar-refractivity contribution in [3.63, 3.8) is 0 Å². The molecule has 0 aliphatic carbocycles. The Bertz CT molecular complexity index is 513. The molecule has 1 unspecified atom stereocenters. The van der Waals surface area contributed by atoms with E-state index in [1.807, 2.05) is 12.1 Å². The van der Waals surface area contributed by atoms with Gasteiger partial charge in [-0.3, -0.25) is 4.99 Å². The van der Waals surface area contributed by atoms with E-state index < -0.39 is 0 Å². The maximum absolute atomic E-state index is 5.48. The number of benzene rings is 1. The molecule has 1 aromatic carbocycles. The molecule has 1 aromatic rings. The van der Waals surface area contributed by atoms with Crippen molar-refractivity contribution >= 4 is 29.9 Å². The molecule has 1 atom stereocenters. The minimum Gasteiger partial charge on any atom is -0.496 e. The van der Waals surface area contributed by atoms with E-state index in [1.54, 1.807) is 21.3 Å². The minimum absolute atomic E-state index is 0. The molecule has 25 heavy (non-hydrogen) atoms. The van der Waals surface area contributed by atoms with Crippen molar-refractivity contribution in [2.75, 3.05) is 34.4 Å². The Kier molecular flexibility index (Phi) is 12.2. The Labute approximate surface area is 168 Å². The van der Waals surface area contributed by atoms with Crippen molar-refractivity contribution in [3.05, 3.63) is 17.7 Å². The molecule has 0 amide bonds. The van der Waals surface area contributed by atoms with Crippen LogP contribution in [-0.2, 0) is 6.42 Å². The van der Waals surface area contributed by atoms with Crippen molar-refractivity contribution in [2.24, 2.45) is 4.99 Å². The zero-order chi connectivity index (χ0) is 17.9. The number of nitrogens with one attached hydrogen (secondary N) is 2. The summed E-state index contributed by atoms with van der Waals surface area (Å²) in [5, 5.41) is 6.65. The molecule has 144 valence electrons. The van der Waals surface area contributed by atoms with Gasteiger partial charge in [0.25, 0.3) is 0 Å². The van der Waals surface area contributed by atoms with Crippen LogP contribution >= 0.6 is 24.0 Å². The summed E-state index contributed by atoms with van der Waals surface area (Å²) in [4.78, 5) is 4.64. The molecule has 0 saturated heterocycles. The van der Waals surface area contributed by atoms with Crippen molar-refractivity contribution in [2.45, 2.75) is 39.7 Å². The number of hydrogen-bond donors (Lipinski definition) is 2. The first kappa shape index (κ1) is 23.6. The van der Waals surface area contributed by atoms with Crippen molar-refractivity contribution in [3.8, 4) is 17.2 Å². The zero-order valence-electron chi connectivity index (χ0n) is 16.1. The van der Waals surface area contributed by atoms with E-state index in [9.17, 15) is 0 Å². The predicted molar refractivity (Wildman–Crippen MR) is 114 cm³/mol. The summed E-state index contributed by atoms with van der Waals surface area (Å²) < 4.78 is 16.2. The number of guanidine groups is 1. The molecule has 0 heterocycles. The molecule has 0 aliphatic heterocycles. The van der Waals surface area contributed by atoms with Crippen LogP contribution in [0.25, 0.3) is 0 Å². The summed E-state index contributed by atoms with van der Waals surface area (Å²) in [6, 6.07) is 4.11. The summed E-state index contributed by atoms with van der Waals surface area (Å²) in [5.41, 5.74) is 0.990. The first-order valence-corrected chi connectivity index (χ1v) is 8.43. The monoisotopic (exact) mass is 465 g/mol. The fourth-order valence-corrected chi connectivity index (χ4v) is 2.26. The molecule has 0 spiro atoms. The molecule has 6 nitrogen and oxygen atoms in total. The fraction of sp³-hybridized carbons (Fsp3) is 0.611. The largest absolute Gasteiger partial charge is 0.496 e. The number of halogens is 1. The molecule has 0 saturated carbocycles. The van der Waals surface area contributed by atoms with E-state index in [0.29, 0.717) is 24.8 Å². The van der Waals surface area contributed by atoms with Gasteiger partial charge < -0.3 is 24.8 Å². The Morgan fingerprint density at radius 2 is 1.68 bits per heavy atom. The van der Waals surface area contributed by atoms with Crippen molar-refractivity contribution in [1.82, 2.24) is 10.6 Å². The molecule has 0 bridgehead atoms. The van der Waals surface area contributed by atoms with Crippen molar-refractivity contribution in [1.29, 1.82) is 0 Å². The van der Waals surface area contributed by atoms with Crippen LogP contribution in [0.1, 0.15) is 32.8 Å². The van der Waals surface area contributed by atoms with Gasteiger partial charge in [-0.15, -0.1) is 24.0 Å². The molecule has 2 N–H and O–H groups in total. The molecule has 0 aliphatic rings. The maximum Gasteiger partial charge on any atom is 0.191 e. The highest BCUT2D eigenvalue weighted by Crippen LogP contribution is 2.34. The molecule has 0 fully saturated rings. The Hall–Kier alpha value is -1.38. The van der Waals surface area contributed by atoms with Crippen LogP contribution in [0, 0.1) is 0 Å². The lowest BCUT2D eigenvalue weighted by atomic mass is 10.1. The van der Waals surface area contributed by atoms with Gasteiger partial charge in [-0.2, -0.15) is 0 Å². The lowest BCUT2D eigenvalue weighted by molar-refractivity contribution is 0.369. The van der Waals surface area contributed by atoms with Gasteiger partial charge >= 0.3 is 0 Å². The second-order valence-electron chi connectivity index (χ2n) is 5.47. The van der Waals surface area contributed by atoms with Gasteiger partial charge in [-0.05, 0) is 26.7 Å². The number of nitrogens with zero attached hydrogens (tertiary/aromatic N) is 1. The summed E-state index contributed by atoms with van der Waals surface area (Å²) in [7, 11) is 4.92. The van der Waals surface area contributed by atoms with E-state index in [2.05, 4.69) is 36.4 Å². The molecule has 0 radical (unpaired) electrons. The van der Waals surface area contributed by atoms with Gasteiger partial charge in [0.1, 0.15) is 17.2 Å². The van der Waals surface area contributed by atoms with E-state index in [0.717, 1.165) is 36.0 Å². The Morgan fingerprint density at radius 1 is 1.08 bits per heavy atom. The normalized spacial score (nSPS) is 12.0. The molecular formula is C18H32IN3O3. The van der Waals surface area contributed by atoms with Gasteiger partial charge in [0.05, 0.1) is 21.3 Å². The SMILES string of the molecule is CCNC(=NCCc1c(OC)cc(OC)cc1OC)NC(C)CC.I. The minimum atomic E-state index is 0. The highest BCUT2D eigenvalue weighted by molar-refractivity contribution is 14.0. The van der Waals surface area contributed by atoms with Crippen LogP contribution in [0.2, 0.25) is 0 Å². The fourth-order valence-electron chi connectivity index (χ4n) is 2.26. The molecule has 1 rings (SSSR count). The Balaban J connectivity index is 0.00000576. The number of hydrogen-bond acceptors (Lipinski definition) is 4. The van der Waals surface area contributed by atoms with Crippen LogP contribution < -0.4 is 24.8 Å². The molecule has 7 heteroatoms.